The summed E-state index contributed by atoms with van der Waals surface area (Å²) in [5.41, 5.74) is 2.43. The molecule has 0 radical (unpaired) electrons. The normalized spacial score (nSPS) is 14.4. The largest absolute Gasteiger partial charge is 0.472 e. The van der Waals surface area contributed by atoms with Gasteiger partial charge < -0.3 is 9.73 Å². The lowest BCUT2D eigenvalue weighted by Crippen LogP contribution is -2.30. The van der Waals surface area contributed by atoms with E-state index < -0.39 is 0 Å². The highest BCUT2D eigenvalue weighted by atomic mass is 35.5. The van der Waals surface area contributed by atoms with Crippen LogP contribution < -0.4 is 5.32 Å². The van der Waals surface area contributed by atoms with Crippen molar-refractivity contribution in [3.05, 3.63) is 59.0 Å². The first-order chi connectivity index (χ1) is 8.65. The van der Waals surface area contributed by atoms with E-state index in [2.05, 4.69) is 25.2 Å². The summed E-state index contributed by atoms with van der Waals surface area (Å²) in [6, 6.07) is 10.7. The molecule has 2 aromatic rings. The number of benzene rings is 1. The molecule has 0 bridgehead atoms. The molecule has 0 aliphatic carbocycles. The van der Waals surface area contributed by atoms with Crippen molar-refractivity contribution in [2.45, 2.75) is 32.4 Å². The van der Waals surface area contributed by atoms with E-state index in [-0.39, 0.29) is 6.04 Å². The summed E-state index contributed by atoms with van der Waals surface area (Å²) < 4.78 is 5.09. The minimum absolute atomic E-state index is 0.290. The van der Waals surface area contributed by atoms with Crippen LogP contribution in [0.1, 0.15) is 31.0 Å². The molecule has 0 aliphatic heterocycles. The van der Waals surface area contributed by atoms with Crippen LogP contribution in [0.25, 0.3) is 0 Å². The Labute approximate surface area is 113 Å². The van der Waals surface area contributed by atoms with Crippen LogP contribution in [0.15, 0.2) is 47.3 Å². The maximum absolute atomic E-state index is 5.98. The zero-order valence-corrected chi connectivity index (χ0v) is 11.4. The molecule has 1 N–H and O–H groups in total. The van der Waals surface area contributed by atoms with Crippen molar-refractivity contribution in [2.24, 2.45) is 0 Å². The van der Waals surface area contributed by atoms with Crippen LogP contribution in [-0.2, 0) is 6.42 Å². The van der Waals surface area contributed by atoms with Gasteiger partial charge in [0, 0.05) is 22.7 Å². The number of furan rings is 1. The Balaban J connectivity index is 1.91. The fourth-order valence-corrected chi connectivity index (χ4v) is 2.33. The van der Waals surface area contributed by atoms with Crippen LogP contribution in [-0.4, -0.2) is 6.04 Å². The van der Waals surface area contributed by atoms with Crippen molar-refractivity contribution in [3.63, 3.8) is 0 Å². The molecule has 3 heteroatoms. The van der Waals surface area contributed by atoms with E-state index in [9.17, 15) is 0 Å². The topological polar surface area (TPSA) is 25.2 Å². The SMILES string of the molecule is CC(Cc1cccc(Cl)c1)NC(C)c1ccoc1. The monoisotopic (exact) mass is 263 g/mol. The zero-order chi connectivity index (χ0) is 13.0. The molecule has 2 unspecified atom stereocenters. The Morgan fingerprint density at radius 1 is 1.28 bits per heavy atom. The zero-order valence-electron chi connectivity index (χ0n) is 10.7. The predicted molar refractivity (Wildman–Crippen MR) is 74.9 cm³/mol. The maximum atomic E-state index is 5.98. The van der Waals surface area contributed by atoms with Crippen molar-refractivity contribution < 1.29 is 4.42 Å². The highest BCUT2D eigenvalue weighted by Gasteiger charge is 2.10. The Morgan fingerprint density at radius 3 is 2.78 bits per heavy atom. The third-order valence-corrected chi connectivity index (χ3v) is 3.24. The average molecular weight is 264 g/mol. The summed E-state index contributed by atoms with van der Waals surface area (Å²) >= 11 is 5.98. The number of halogens is 1. The Hall–Kier alpha value is -1.25. The lowest BCUT2D eigenvalue weighted by molar-refractivity contribution is 0.471. The molecule has 0 saturated carbocycles. The van der Waals surface area contributed by atoms with Gasteiger partial charge in [0.15, 0.2) is 0 Å². The molecule has 96 valence electrons. The molecule has 1 aromatic carbocycles. The standard InChI is InChI=1S/C15H18ClNO/c1-11(8-13-4-3-5-15(16)9-13)17-12(2)14-6-7-18-10-14/h3-7,9-12,17H,8H2,1-2H3. The van der Waals surface area contributed by atoms with Crippen LogP contribution >= 0.6 is 11.6 Å². The average Bonchev–Trinajstić information content (AvgIpc) is 2.81. The van der Waals surface area contributed by atoms with Gasteiger partial charge in [-0.15, -0.1) is 0 Å². The first kappa shape index (κ1) is 13.2. The molecular weight excluding hydrogens is 246 g/mol. The van der Waals surface area contributed by atoms with Crippen molar-refractivity contribution in [3.8, 4) is 0 Å². The summed E-state index contributed by atoms with van der Waals surface area (Å²) in [5.74, 6) is 0. The minimum Gasteiger partial charge on any atom is -0.472 e. The van der Waals surface area contributed by atoms with Gasteiger partial charge in [-0.25, -0.2) is 0 Å². The van der Waals surface area contributed by atoms with Crippen molar-refractivity contribution >= 4 is 11.6 Å². The second-order valence-corrected chi connectivity index (χ2v) is 5.12. The van der Waals surface area contributed by atoms with E-state index in [0.717, 1.165) is 11.4 Å². The molecule has 0 fully saturated rings. The van der Waals surface area contributed by atoms with E-state index in [1.165, 1.54) is 11.1 Å². The van der Waals surface area contributed by atoms with E-state index in [4.69, 9.17) is 16.0 Å². The van der Waals surface area contributed by atoms with Crippen molar-refractivity contribution in [2.75, 3.05) is 0 Å². The van der Waals surface area contributed by atoms with Gasteiger partial charge in [-0.2, -0.15) is 0 Å². The maximum Gasteiger partial charge on any atom is 0.0950 e. The molecule has 2 nitrogen and oxygen atoms in total. The van der Waals surface area contributed by atoms with Crippen molar-refractivity contribution in [1.82, 2.24) is 5.32 Å². The first-order valence-corrected chi connectivity index (χ1v) is 6.55. The van der Waals surface area contributed by atoms with Crippen LogP contribution in [0.4, 0.5) is 0 Å². The lowest BCUT2D eigenvalue weighted by Gasteiger charge is -2.19. The van der Waals surface area contributed by atoms with Gasteiger partial charge in [0.1, 0.15) is 0 Å². The second-order valence-electron chi connectivity index (χ2n) is 4.68. The lowest BCUT2D eigenvalue weighted by atomic mass is 10.1. The first-order valence-electron chi connectivity index (χ1n) is 6.17. The van der Waals surface area contributed by atoms with E-state index >= 15 is 0 Å². The van der Waals surface area contributed by atoms with Crippen LogP contribution in [0, 0.1) is 0 Å². The summed E-state index contributed by atoms with van der Waals surface area (Å²) in [5, 5.41) is 4.34. The second kappa shape index (κ2) is 6.07. The molecule has 18 heavy (non-hydrogen) atoms. The van der Waals surface area contributed by atoms with Gasteiger partial charge in [-0.1, -0.05) is 23.7 Å². The Morgan fingerprint density at radius 2 is 2.11 bits per heavy atom. The van der Waals surface area contributed by atoms with Gasteiger partial charge in [0.25, 0.3) is 0 Å². The Kier molecular flexibility index (Phi) is 4.45. The van der Waals surface area contributed by atoms with E-state index in [1.54, 1.807) is 12.5 Å². The molecule has 2 atom stereocenters. The third kappa shape index (κ3) is 3.62. The van der Waals surface area contributed by atoms with Gasteiger partial charge in [0.2, 0.25) is 0 Å². The number of hydrogen-bond acceptors (Lipinski definition) is 2. The summed E-state index contributed by atoms with van der Waals surface area (Å²) in [7, 11) is 0. The van der Waals surface area contributed by atoms with E-state index in [0.29, 0.717) is 6.04 Å². The highest BCUT2D eigenvalue weighted by molar-refractivity contribution is 6.30. The third-order valence-electron chi connectivity index (χ3n) is 3.01. The molecule has 2 rings (SSSR count). The molecule has 0 saturated heterocycles. The number of nitrogens with one attached hydrogen (secondary N) is 1. The molecule has 0 amide bonds. The fraction of sp³-hybridized carbons (Fsp3) is 0.333. The highest BCUT2D eigenvalue weighted by Crippen LogP contribution is 2.16. The minimum atomic E-state index is 0.290. The molecular formula is C15H18ClNO. The number of rotatable bonds is 5. The molecule has 0 spiro atoms. The fourth-order valence-electron chi connectivity index (χ4n) is 2.12. The van der Waals surface area contributed by atoms with Crippen LogP contribution in [0.2, 0.25) is 5.02 Å². The summed E-state index contributed by atoms with van der Waals surface area (Å²) in [6.45, 7) is 4.32. The van der Waals surface area contributed by atoms with Gasteiger partial charge in [-0.05, 0) is 44.0 Å². The van der Waals surface area contributed by atoms with Gasteiger partial charge in [0.05, 0.1) is 12.5 Å². The van der Waals surface area contributed by atoms with Crippen LogP contribution in [0.3, 0.4) is 0 Å². The predicted octanol–water partition coefficient (Wildman–Crippen LogP) is 4.21. The van der Waals surface area contributed by atoms with E-state index in [1.807, 2.05) is 24.3 Å². The van der Waals surface area contributed by atoms with Crippen molar-refractivity contribution in [1.29, 1.82) is 0 Å². The van der Waals surface area contributed by atoms with Crippen LogP contribution in [0.5, 0.6) is 0 Å². The molecule has 1 heterocycles. The quantitative estimate of drug-likeness (QED) is 0.874. The summed E-state index contributed by atoms with van der Waals surface area (Å²) in [6.07, 6.45) is 4.45. The van der Waals surface area contributed by atoms with Gasteiger partial charge >= 0.3 is 0 Å². The number of hydrogen-bond donors (Lipinski definition) is 1. The molecule has 0 aliphatic rings. The smallest absolute Gasteiger partial charge is 0.0950 e. The van der Waals surface area contributed by atoms with Gasteiger partial charge in [-0.3, -0.25) is 0 Å². The summed E-state index contributed by atoms with van der Waals surface area (Å²) in [4.78, 5) is 0. The molecule has 1 aromatic heterocycles. The Bertz CT molecular complexity index is 481.